The van der Waals surface area contributed by atoms with Gasteiger partial charge in [0.25, 0.3) is 0 Å². The number of aliphatic imine (C=N–C) groups is 1. The summed E-state index contributed by atoms with van der Waals surface area (Å²) in [6.07, 6.45) is -3.00. The highest BCUT2D eigenvalue weighted by Crippen LogP contribution is 2.31. The van der Waals surface area contributed by atoms with Crippen molar-refractivity contribution in [3.05, 3.63) is 84.1 Å². The van der Waals surface area contributed by atoms with Gasteiger partial charge < -0.3 is 5.32 Å². The Bertz CT molecular complexity index is 1180. The van der Waals surface area contributed by atoms with Crippen molar-refractivity contribution >= 4 is 34.7 Å². The van der Waals surface area contributed by atoms with Crippen molar-refractivity contribution in [1.29, 1.82) is 0 Å². The average Bonchev–Trinajstić information content (AvgIpc) is 2.91. The van der Waals surface area contributed by atoms with Gasteiger partial charge >= 0.3 is 6.18 Å². The number of halogens is 3. The number of hydrogen-bond donors (Lipinski definition) is 1. The zero-order valence-corrected chi connectivity index (χ0v) is 16.6. The Morgan fingerprint density at radius 1 is 1.00 bits per heavy atom. The monoisotopic (exact) mass is 438 g/mol. The Hall–Kier alpha value is -4.01. The molecule has 3 aromatic rings. The second kappa shape index (κ2) is 8.62. The fourth-order valence-corrected chi connectivity index (χ4v) is 3.27. The van der Waals surface area contributed by atoms with Crippen LogP contribution in [-0.4, -0.2) is 29.1 Å². The predicted octanol–water partition coefficient (Wildman–Crippen LogP) is 4.60. The maximum atomic E-state index is 13.0. The average molecular weight is 438 g/mol. The molecule has 1 aromatic heterocycles. The Labute approximate surface area is 181 Å². The topological polar surface area (TPSA) is 74.7 Å². The van der Waals surface area contributed by atoms with E-state index in [9.17, 15) is 22.8 Å². The van der Waals surface area contributed by atoms with Crippen LogP contribution in [0, 0.1) is 0 Å². The lowest BCUT2D eigenvalue weighted by Gasteiger charge is -2.20. The number of hydrogen-bond acceptors (Lipinski definition) is 4. The van der Waals surface area contributed by atoms with E-state index in [4.69, 9.17) is 0 Å². The van der Waals surface area contributed by atoms with Gasteiger partial charge in [-0.25, -0.2) is 9.98 Å². The number of alkyl halides is 3. The summed E-state index contributed by atoms with van der Waals surface area (Å²) in [4.78, 5) is 35.6. The second-order valence-corrected chi connectivity index (χ2v) is 7.05. The van der Waals surface area contributed by atoms with E-state index in [0.29, 0.717) is 11.4 Å². The van der Waals surface area contributed by atoms with Crippen LogP contribution in [0.1, 0.15) is 17.5 Å². The minimum absolute atomic E-state index is 0.0338. The number of amides is 2. The summed E-state index contributed by atoms with van der Waals surface area (Å²) in [5, 5.41) is 2.52. The van der Waals surface area contributed by atoms with Gasteiger partial charge in [-0.05, 0) is 42.0 Å². The van der Waals surface area contributed by atoms with Crippen LogP contribution in [0.5, 0.6) is 0 Å². The van der Waals surface area contributed by atoms with Crippen molar-refractivity contribution in [2.75, 3.05) is 16.8 Å². The molecule has 0 unspecified atom stereocenters. The number of nitrogens with zero attached hydrogens (tertiary/aromatic N) is 3. The molecule has 0 saturated heterocycles. The number of anilines is 2. The highest BCUT2D eigenvalue weighted by atomic mass is 19.4. The molecule has 0 fully saturated rings. The molecule has 0 atom stereocenters. The third-order valence-corrected chi connectivity index (χ3v) is 4.80. The zero-order chi connectivity index (χ0) is 22.7. The smallest absolute Gasteiger partial charge is 0.325 e. The van der Waals surface area contributed by atoms with Gasteiger partial charge in [0.2, 0.25) is 11.8 Å². The van der Waals surface area contributed by atoms with E-state index in [1.54, 1.807) is 12.1 Å². The van der Waals surface area contributed by atoms with Crippen molar-refractivity contribution in [3.63, 3.8) is 0 Å². The van der Waals surface area contributed by atoms with E-state index in [-0.39, 0.29) is 30.4 Å². The van der Waals surface area contributed by atoms with E-state index >= 15 is 0 Å². The maximum Gasteiger partial charge on any atom is 0.416 e. The summed E-state index contributed by atoms with van der Waals surface area (Å²) < 4.78 is 38.2. The lowest BCUT2D eigenvalue weighted by Crippen LogP contribution is -2.39. The van der Waals surface area contributed by atoms with E-state index in [0.717, 1.165) is 29.8 Å². The molecular formula is C23H17F3N4O2. The van der Waals surface area contributed by atoms with Crippen LogP contribution < -0.4 is 10.2 Å². The Kier molecular flexibility index (Phi) is 5.72. The molecule has 2 aromatic carbocycles. The first-order valence-corrected chi connectivity index (χ1v) is 9.67. The minimum atomic E-state index is -4.47. The van der Waals surface area contributed by atoms with Crippen LogP contribution in [0.25, 0.3) is 0 Å². The standard InChI is InChI=1S/C23H17F3N4O2/c24-23(25,26)16-8-10-17(11-9-16)28-20(31)14-30-21(32)13-19(15-5-2-1-3-6-15)29-18-7-4-12-27-22(18)30/h1-12H,13-14H2,(H,28,31). The number of aromatic nitrogens is 1. The quantitative estimate of drug-likeness (QED) is 0.647. The van der Waals surface area contributed by atoms with Crippen LogP contribution in [0.4, 0.5) is 30.4 Å². The van der Waals surface area contributed by atoms with E-state index in [2.05, 4.69) is 15.3 Å². The second-order valence-electron chi connectivity index (χ2n) is 7.05. The molecule has 162 valence electrons. The number of benzene rings is 2. The molecule has 2 heterocycles. The van der Waals surface area contributed by atoms with Crippen molar-refractivity contribution in [2.24, 2.45) is 4.99 Å². The van der Waals surface area contributed by atoms with Crippen LogP contribution in [0.3, 0.4) is 0 Å². The molecule has 1 aliphatic heterocycles. The molecule has 1 N–H and O–H groups in total. The van der Waals surface area contributed by atoms with Gasteiger partial charge in [-0.1, -0.05) is 30.3 Å². The van der Waals surface area contributed by atoms with Crippen molar-refractivity contribution < 1.29 is 22.8 Å². The first-order valence-electron chi connectivity index (χ1n) is 9.67. The molecule has 0 aliphatic carbocycles. The van der Waals surface area contributed by atoms with Crippen molar-refractivity contribution in [1.82, 2.24) is 4.98 Å². The molecule has 6 nitrogen and oxygen atoms in total. The van der Waals surface area contributed by atoms with Crippen LogP contribution in [-0.2, 0) is 15.8 Å². The van der Waals surface area contributed by atoms with Crippen LogP contribution >= 0.6 is 0 Å². The highest BCUT2D eigenvalue weighted by molar-refractivity contribution is 6.18. The number of carbonyl (C=O) groups is 2. The molecule has 0 radical (unpaired) electrons. The first kappa shape index (κ1) is 21.2. The minimum Gasteiger partial charge on any atom is -0.325 e. The normalized spacial score (nSPS) is 13.8. The first-order chi connectivity index (χ1) is 15.3. The number of nitrogens with one attached hydrogen (secondary N) is 1. The lowest BCUT2D eigenvalue weighted by atomic mass is 10.1. The summed E-state index contributed by atoms with van der Waals surface area (Å²) in [5.74, 6) is -0.698. The molecule has 4 rings (SSSR count). The van der Waals surface area contributed by atoms with Crippen molar-refractivity contribution in [3.8, 4) is 0 Å². The zero-order valence-electron chi connectivity index (χ0n) is 16.6. The molecule has 0 saturated carbocycles. The number of pyridine rings is 1. The summed E-state index contributed by atoms with van der Waals surface area (Å²) in [7, 11) is 0. The van der Waals surface area contributed by atoms with Crippen LogP contribution in [0.15, 0.2) is 77.9 Å². The third kappa shape index (κ3) is 4.66. The predicted molar refractivity (Wildman–Crippen MR) is 114 cm³/mol. The Balaban J connectivity index is 1.54. The summed E-state index contributed by atoms with van der Waals surface area (Å²) >= 11 is 0. The molecule has 9 heteroatoms. The van der Waals surface area contributed by atoms with Gasteiger partial charge in [0.15, 0.2) is 5.82 Å². The third-order valence-electron chi connectivity index (χ3n) is 4.80. The summed E-state index contributed by atoms with van der Waals surface area (Å²) in [6, 6.07) is 16.7. The fraction of sp³-hybridized carbons (Fsp3) is 0.130. The van der Waals surface area contributed by atoms with Gasteiger partial charge in [0, 0.05) is 11.9 Å². The fourth-order valence-electron chi connectivity index (χ4n) is 3.27. The van der Waals surface area contributed by atoms with Gasteiger partial charge in [-0.2, -0.15) is 13.2 Å². The Morgan fingerprint density at radius 3 is 2.41 bits per heavy atom. The van der Waals surface area contributed by atoms with Gasteiger partial charge in [0.1, 0.15) is 12.2 Å². The van der Waals surface area contributed by atoms with Gasteiger partial charge in [-0.3, -0.25) is 14.5 Å². The largest absolute Gasteiger partial charge is 0.416 e. The molecular weight excluding hydrogens is 421 g/mol. The van der Waals surface area contributed by atoms with Crippen molar-refractivity contribution in [2.45, 2.75) is 12.6 Å². The summed E-state index contributed by atoms with van der Waals surface area (Å²) in [5.41, 5.74) is 1.15. The highest BCUT2D eigenvalue weighted by Gasteiger charge is 2.30. The molecule has 0 bridgehead atoms. The lowest BCUT2D eigenvalue weighted by molar-refractivity contribution is -0.137. The molecule has 1 aliphatic rings. The van der Waals surface area contributed by atoms with E-state index < -0.39 is 17.6 Å². The van der Waals surface area contributed by atoms with Gasteiger partial charge in [0.05, 0.1) is 17.7 Å². The maximum absolute atomic E-state index is 13.0. The van der Waals surface area contributed by atoms with E-state index in [1.807, 2.05) is 30.3 Å². The molecule has 32 heavy (non-hydrogen) atoms. The molecule has 0 spiro atoms. The summed E-state index contributed by atoms with van der Waals surface area (Å²) in [6.45, 7) is -0.360. The van der Waals surface area contributed by atoms with Crippen LogP contribution in [0.2, 0.25) is 0 Å². The SMILES string of the molecule is O=C(CN1C(=O)CC(c2ccccc2)=Nc2cccnc21)Nc1ccc(C(F)(F)F)cc1. The van der Waals surface area contributed by atoms with E-state index in [1.165, 1.54) is 11.1 Å². The Morgan fingerprint density at radius 2 is 1.72 bits per heavy atom. The number of fused-ring (bicyclic) bond motifs is 1. The number of rotatable bonds is 4. The number of carbonyl (C=O) groups excluding carboxylic acids is 2. The van der Waals surface area contributed by atoms with Gasteiger partial charge in [-0.15, -0.1) is 0 Å². The molecule has 2 amide bonds.